The molecular weight excluding hydrogens is 441 g/mol. The summed E-state index contributed by atoms with van der Waals surface area (Å²) in [5.41, 5.74) is 1.69. The van der Waals surface area contributed by atoms with Crippen LogP contribution in [0.25, 0.3) is 11.3 Å². The minimum absolute atomic E-state index is 0.185. The van der Waals surface area contributed by atoms with E-state index in [9.17, 15) is 4.39 Å². The number of aromatic nitrogens is 4. The molecule has 0 bridgehead atoms. The van der Waals surface area contributed by atoms with Crippen molar-refractivity contribution < 1.29 is 4.39 Å². The number of benzene rings is 1. The fraction of sp³-hybridized carbons (Fsp3) is 0.417. The predicted molar refractivity (Wildman–Crippen MR) is 130 cm³/mol. The second-order valence-electron chi connectivity index (χ2n) is 8.79. The Morgan fingerprint density at radius 3 is 2.52 bits per heavy atom. The summed E-state index contributed by atoms with van der Waals surface area (Å²) in [4.78, 5) is 25.0. The quantitative estimate of drug-likeness (QED) is 0.562. The Balaban J connectivity index is 1.47. The first-order valence-corrected chi connectivity index (χ1v) is 11.8. The van der Waals surface area contributed by atoms with Crippen molar-refractivity contribution in [3.8, 4) is 11.3 Å². The van der Waals surface area contributed by atoms with Gasteiger partial charge in [-0.15, -0.1) is 0 Å². The number of anilines is 3. The average molecular weight is 468 g/mol. The first-order chi connectivity index (χ1) is 16.0. The summed E-state index contributed by atoms with van der Waals surface area (Å²) in [6, 6.07) is 9.10. The Morgan fingerprint density at radius 1 is 1.00 bits per heavy atom. The van der Waals surface area contributed by atoms with Gasteiger partial charge in [-0.3, -0.25) is 0 Å². The number of hydrogen-bond donors (Lipinski definition) is 0. The summed E-state index contributed by atoms with van der Waals surface area (Å²) >= 11 is 6.33. The van der Waals surface area contributed by atoms with Crippen LogP contribution in [-0.2, 0) is 0 Å². The monoisotopic (exact) mass is 467 g/mol. The van der Waals surface area contributed by atoms with E-state index in [1.54, 1.807) is 18.3 Å². The van der Waals surface area contributed by atoms with Crippen molar-refractivity contribution in [2.75, 3.05) is 40.9 Å². The third kappa shape index (κ3) is 4.44. The van der Waals surface area contributed by atoms with Gasteiger partial charge >= 0.3 is 0 Å². The fourth-order valence-electron chi connectivity index (χ4n) is 4.73. The number of rotatable bonds is 4. The van der Waals surface area contributed by atoms with E-state index in [2.05, 4.69) is 38.5 Å². The molecule has 7 nitrogen and oxygen atoms in total. The molecule has 0 radical (unpaired) electrons. The summed E-state index contributed by atoms with van der Waals surface area (Å²) in [6.07, 6.45) is 5.43. The summed E-state index contributed by atoms with van der Waals surface area (Å²) in [5, 5.41) is 0.559. The van der Waals surface area contributed by atoms with Gasteiger partial charge in [0.2, 0.25) is 5.95 Å². The van der Waals surface area contributed by atoms with Crippen LogP contribution in [0.15, 0.2) is 42.9 Å². The maximum atomic E-state index is 13.5. The molecule has 33 heavy (non-hydrogen) atoms. The van der Waals surface area contributed by atoms with Crippen molar-refractivity contribution in [3.05, 3.63) is 53.7 Å². The first-order valence-electron chi connectivity index (χ1n) is 11.4. The van der Waals surface area contributed by atoms with E-state index in [0.717, 1.165) is 67.9 Å². The Kier molecular flexibility index (Phi) is 6.01. The summed E-state index contributed by atoms with van der Waals surface area (Å²) in [7, 11) is 0. The van der Waals surface area contributed by atoms with Crippen molar-refractivity contribution >= 4 is 29.2 Å². The van der Waals surface area contributed by atoms with Gasteiger partial charge in [0.25, 0.3) is 0 Å². The van der Waals surface area contributed by atoms with E-state index in [4.69, 9.17) is 21.6 Å². The summed E-state index contributed by atoms with van der Waals surface area (Å²) in [5.74, 6) is 2.14. The molecule has 0 N–H and O–H groups in total. The SMILES string of the molecule is CC1CN(c2ncncc2Cl)CCN1c1cc(-c2ccc(F)cc2)nc(N2CCCC2C)n1. The Labute approximate surface area is 198 Å². The third-order valence-corrected chi connectivity index (χ3v) is 6.79. The van der Waals surface area contributed by atoms with E-state index in [1.807, 2.05) is 6.07 Å². The highest BCUT2D eigenvalue weighted by molar-refractivity contribution is 6.32. The molecule has 2 aliphatic heterocycles. The minimum atomic E-state index is -0.255. The van der Waals surface area contributed by atoms with Crippen LogP contribution < -0.4 is 14.7 Å². The van der Waals surface area contributed by atoms with Crippen molar-refractivity contribution in [2.45, 2.75) is 38.8 Å². The van der Waals surface area contributed by atoms with Gasteiger partial charge in [-0.25, -0.2) is 19.3 Å². The lowest BCUT2D eigenvalue weighted by Gasteiger charge is -2.41. The molecule has 2 fully saturated rings. The van der Waals surface area contributed by atoms with Gasteiger partial charge in [0.15, 0.2) is 5.82 Å². The van der Waals surface area contributed by atoms with Crippen molar-refractivity contribution in [2.24, 2.45) is 0 Å². The number of piperazine rings is 1. The molecule has 1 aromatic carbocycles. The van der Waals surface area contributed by atoms with Gasteiger partial charge in [0.1, 0.15) is 23.0 Å². The normalized spacial score (nSPS) is 21.0. The van der Waals surface area contributed by atoms with E-state index in [1.165, 1.54) is 18.5 Å². The first kappa shape index (κ1) is 21.8. The standard InChI is InChI=1S/C24H27ClFN7/c1-16-4-3-9-33(16)24-29-21(18-5-7-19(26)8-6-18)12-22(30-24)32-11-10-31(14-17(32)2)23-20(25)13-27-15-28-23/h5-8,12-13,15-17H,3-4,9-11,14H2,1-2H3. The van der Waals surface area contributed by atoms with Crippen LogP contribution in [0, 0.1) is 5.82 Å². The average Bonchev–Trinajstić information content (AvgIpc) is 3.25. The van der Waals surface area contributed by atoms with Crippen LogP contribution in [0.5, 0.6) is 0 Å². The van der Waals surface area contributed by atoms with E-state index in [0.29, 0.717) is 11.1 Å². The highest BCUT2D eigenvalue weighted by Crippen LogP contribution is 2.31. The molecule has 2 unspecified atom stereocenters. The van der Waals surface area contributed by atoms with E-state index >= 15 is 0 Å². The number of hydrogen-bond acceptors (Lipinski definition) is 7. The molecule has 2 atom stereocenters. The zero-order valence-electron chi connectivity index (χ0n) is 18.8. The van der Waals surface area contributed by atoms with Crippen molar-refractivity contribution in [3.63, 3.8) is 0 Å². The smallest absolute Gasteiger partial charge is 0.228 e. The highest BCUT2D eigenvalue weighted by atomic mass is 35.5. The molecule has 3 aromatic rings. The van der Waals surface area contributed by atoms with Crippen LogP contribution in [0.3, 0.4) is 0 Å². The lowest BCUT2D eigenvalue weighted by molar-refractivity contribution is 0.542. The van der Waals surface area contributed by atoms with Crippen molar-refractivity contribution in [1.29, 1.82) is 0 Å². The summed E-state index contributed by atoms with van der Waals surface area (Å²) < 4.78 is 13.5. The number of nitrogens with zero attached hydrogens (tertiary/aromatic N) is 7. The lowest BCUT2D eigenvalue weighted by atomic mass is 10.1. The van der Waals surface area contributed by atoms with Crippen LogP contribution in [0.1, 0.15) is 26.7 Å². The number of halogens is 2. The van der Waals surface area contributed by atoms with Gasteiger partial charge in [-0.05, 0) is 51.0 Å². The van der Waals surface area contributed by atoms with Gasteiger partial charge in [-0.1, -0.05) is 11.6 Å². The molecule has 0 aliphatic carbocycles. The Hall–Kier alpha value is -3.00. The molecular formula is C24H27ClFN7. The molecule has 0 amide bonds. The topological polar surface area (TPSA) is 61.3 Å². The maximum Gasteiger partial charge on any atom is 0.228 e. The molecule has 2 aliphatic rings. The zero-order chi connectivity index (χ0) is 22.9. The Morgan fingerprint density at radius 2 is 1.82 bits per heavy atom. The molecule has 4 heterocycles. The predicted octanol–water partition coefficient (Wildman–Crippen LogP) is 4.43. The van der Waals surface area contributed by atoms with Crippen LogP contribution >= 0.6 is 11.6 Å². The molecule has 9 heteroatoms. The van der Waals surface area contributed by atoms with Crippen LogP contribution in [0.4, 0.5) is 22.0 Å². The third-order valence-electron chi connectivity index (χ3n) is 6.52. The zero-order valence-corrected chi connectivity index (χ0v) is 19.6. The van der Waals surface area contributed by atoms with Gasteiger partial charge in [-0.2, -0.15) is 4.98 Å². The van der Waals surface area contributed by atoms with Gasteiger partial charge in [0, 0.05) is 49.9 Å². The molecule has 0 saturated carbocycles. The van der Waals surface area contributed by atoms with E-state index in [-0.39, 0.29) is 11.9 Å². The summed E-state index contributed by atoms with van der Waals surface area (Å²) in [6.45, 7) is 7.65. The van der Waals surface area contributed by atoms with Crippen molar-refractivity contribution in [1.82, 2.24) is 19.9 Å². The molecule has 2 saturated heterocycles. The molecule has 5 rings (SSSR count). The largest absolute Gasteiger partial charge is 0.351 e. The van der Waals surface area contributed by atoms with Gasteiger partial charge in [0.05, 0.1) is 11.9 Å². The minimum Gasteiger partial charge on any atom is -0.351 e. The molecule has 2 aromatic heterocycles. The fourth-order valence-corrected chi connectivity index (χ4v) is 4.95. The molecule has 0 spiro atoms. The molecule has 172 valence electrons. The highest BCUT2D eigenvalue weighted by Gasteiger charge is 2.29. The second-order valence-corrected chi connectivity index (χ2v) is 9.19. The van der Waals surface area contributed by atoms with Crippen LogP contribution in [0.2, 0.25) is 5.02 Å². The van der Waals surface area contributed by atoms with Crippen LogP contribution in [-0.4, -0.2) is 58.2 Å². The van der Waals surface area contributed by atoms with Gasteiger partial charge < -0.3 is 14.7 Å². The Bertz CT molecular complexity index is 1130. The second kappa shape index (κ2) is 9.09. The lowest BCUT2D eigenvalue weighted by Crippen LogP contribution is -2.52. The maximum absolute atomic E-state index is 13.5. The van der Waals surface area contributed by atoms with E-state index < -0.39 is 0 Å².